The van der Waals surface area contributed by atoms with Gasteiger partial charge in [-0.3, -0.25) is 0 Å². The van der Waals surface area contributed by atoms with E-state index in [0.29, 0.717) is 12.5 Å². The van der Waals surface area contributed by atoms with E-state index in [1.807, 2.05) is 0 Å². The van der Waals surface area contributed by atoms with E-state index in [1.54, 1.807) is 0 Å². The van der Waals surface area contributed by atoms with Crippen LogP contribution in [0.5, 0.6) is 0 Å². The van der Waals surface area contributed by atoms with Crippen molar-refractivity contribution in [1.29, 1.82) is 0 Å². The molecule has 2 atom stereocenters. The molecule has 0 aromatic rings. The maximum absolute atomic E-state index is 11.8. The van der Waals surface area contributed by atoms with Crippen LogP contribution in [-0.2, 0) is 9.09 Å². The van der Waals surface area contributed by atoms with Gasteiger partial charge in [0.15, 0.2) is 6.16 Å². The zero-order valence-corrected chi connectivity index (χ0v) is 15.6. The van der Waals surface area contributed by atoms with E-state index < -0.39 is 8.03 Å². The molecule has 0 radical (unpaired) electrons. The van der Waals surface area contributed by atoms with E-state index in [2.05, 4.69) is 20.8 Å². The molecular formula is C18H38O2P+. The molecule has 0 heterocycles. The topological polar surface area (TPSA) is 26.3 Å². The monoisotopic (exact) mass is 317 g/mol. The lowest BCUT2D eigenvalue weighted by molar-refractivity contribution is 0.243. The maximum Gasteiger partial charge on any atom is 0.508 e. The Morgan fingerprint density at radius 1 is 0.810 bits per heavy atom. The summed E-state index contributed by atoms with van der Waals surface area (Å²) >= 11 is 0. The first-order valence-corrected chi connectivity index (χ1v) is 10.7. The molecule has 2 nitrogen and oxygen atoms in total. The second-order valence-electron chi connectivity index (χ2n) is 6.24. The Bertz CT molecular complexity index is 231. The van der Waals surface area contributed by atoms with Gasteiger partial charge < -0.3 is 0 Å². The van der Waals surface area contributed by atoms with Crippen LogP contribution >= 0.6 is 8.03 Å². The van der Waals surface area contributed by atoms with Crippen molar-refractivity contribution < 1.29 is 9.09 Å². The van der Waals surface area contributed by atoms with Crippen molar-refractivity contribution in [1.82, 2.24) is 0 Å². The molecule has 0 aliphatic carbocycles. The molecule has 0 saturated carbocycles. The molecule has 126 valence electrons. The zero-order valence-electron chi connectivity index (χ0n) is 14.7. The Morgan fingerprint density at radius 2 is 1.38 bits per heavy atom. The van der Waals surface area contributed by atoms with E-state index in [0.717, 1.165) is 19.0 Å². The summed E-state index contributed by atoms with van der Waals surface area (Å²) in [7, 11) is -1.41. The first kappa shape index (κ1) is 21.1. The van der Waals surface area contributed by atoms with Gasteiger partial charge in [0, 0.05) is 0 Å². The summed E-state index contributed by atoms with van der Waals surface area (Å²) in [5, 5.41) is 0. The lowest BCUT2D eigenvalue weighted by atomic mass is 10.0. The summed E-state index contributed by atoms with van der Waals surface area (Å²) < 4.78 is 17.4. The summed E-state index contributed by atoms with van der Waals surface area (Å²) in [6, 6.07) is 0. The minimum Gasteiger partial charge on any atom is -0.146 e. The number of rotatable bonds is 16. The molecule has 2 unspecified atom stereocenters. The van der Waals surface area contributed by atoms with E-state index in [-0.39, 0.29) is 0 Å². The third-order valence-corrected chi connectivity index (χ3v) is 5.31. The van der Waals surface area contributed by atoms with Crippen LogP contribution < -0.4 is 0 Å². The standard InChI is InChI=1S/C18H38O2P/c1-4-7-9-10-11-12-13-14-16-21(19)20-17-18(6-3)15-8-5-2/h18H,4-17H2,1-3H3/q+1. The van der Waals surface area contributed by atoms with E-state index >= 15 is 0 Å². The molecular weight excluding hydrogens is 279 g/mol. The third kappa shape index (κ3) is 14.8. The average molecular weight is 317 g/mol. The van der Waals surface area contributed by atoms with E-state index in [9.17, 15) is 4.57 Å². The van der Waals surface area contributed by atoms with E-state index in [4.69, 9.17) is 4.52 Å². The molecule has 3 heteroatoms. The predicted octanol–water partition coefficient (Wildman–Crippen LogP) is 7.10. The van der Waals surface area contributed by atoms with Gasteiger partial charge in [0.25, 0.3) is 0 Å². The number of hydrogen-bond acceptors (Lipinski definition) is 2. The average Bonchev–Trinajstić information content (AvgIpc) is 2.50. The smallest absolute Gasteiger partial charge is 0.146 e. The number of unbranched alkanes of at least 4 members (excludes halogenated alkanes) is 8. The van der Waals surface area contributed by atoms with Crippen LogP contribution in [0.3, 0.4) is 0 Å². The van der Waals surface area contributed by atoms with Gasteiger partial charge in [-0.05, 0) is 29.7 Å². The molecule has 0 aromatic heterocycles. The van der Waals surface area contributed by atoms with Crippen molar-refractivity contribution >= 4 is 8.03 Å². The lowest BCUT2D eigenvalue weighted by Crippen LogP contribution is -2.06. The molecule has 0 aliphatic heterocycles. The van der Waals surface area contributed by atoms with Gasteiger partial charge in [-0.1, -0.05) is 78.6 Å². The predicted molar refractivity (Wildman–Crippen MR) is 94.3 cm³/mol. The summed E-state index contributed by atoms with van der Waals surface area (Å²) in [5.41, 5.74) is 0. The van der Waals surface area contributed by atoms with Crippen LogP contribution in [0.1, 0.15) is 97.8 Å². The highest BCUT2D eigenvalue weighted by atomic mass is 31.1. The van der Waals surface area contributed by atoms with Crippen LogP contribution in [0.15, 0.2) is 0 Å². The van der Waals surface area contributed by atoms with Crippen molar-refractivity contribution in [2.45, 2.75) is 97.8 Å². The zero-order chi connectivity index (χ0) is 15.8. The van der Waals surface area contributed by atoms with Gasteiger partial charge in [-0.2, -0.15) is 0 Å². The molecule has 0 rings (SSSR count). The van der Waals surface area contributed by atoms with Crippen LogP contribution in [0.4, 0.5) is 0 Å². The molecule has 0 aromatic carbocycles. The summed E-state index contributed by atoms with van der Waals surface area (Å²) in [6.07, 6.45) is 16.0. The highest BCUT2D eigenvalue weighted by molar-refractivity contribution is 7.39. The second kappa shape index (κ2) is 16.4. The van der Waals surface area contributed by atoms with Gasteiger partial charge >= 0.3 is 8.03 Å². The molecule has 0 fully saturated rings. The molecule has 0 aliphatic rings. The van der Waals surface area contributed by atoms with Gasteiger partial charge in [-0.15, -0.1) is 4.52 Å². The van der Waals surface area contributed by atoms with Crippen molar-refractivity contribution in [2.75, 3.05) is 12.8 Å². The molecule has 21 heavy (non-hydrogen) atoms. The second-order valence-corrected chi connectivity index (χ2v) is 7.61. The quantitative estimate of drug-likeness (QED) is 0.224. The fourth-order valence-corrected chi connectivity index (χ4v) is 3.51. The van der Waals surface area contributed by atoms with Crippen LogP contribution in [0, 0.1) is 5.92 Å². The third-order valence-electron chi connectivity index (χ3n) is 4.19. The fraction of sp³-hybridized carbons (Fsp3) is 1.00. The van der Waals surface area contributed by atoms with Gasteiger partial charge in [-0.25, -0.2) is 0 Å². The summed E-state index contributed by atoms with van der Waals surface area (Å²) in [4.78, 5) is 0. The van der Waals surface area contributed by atoms with Crippen molar-refractivity contribution in [3.05, 3.63) is 0 Å². The van der Waals surface area contributed by atoms with Crippen LogP contribution in [0.25, 0.3) is 0 Å². The summed E-state index contributed by atoms with van der Waals surface area (Å²) in [6.45, 7) is 7.37. The normalized spacial score (nSPS) is 13.4. The number of hydrogen-bond donors (Lipinski definition) is 0. The molecule has 0 saturated heterocycles. The SMILES string of the molecule is CCCCCCCCCC[P+](=O)OCC(CC)CCCC. The van der Waals surface area contributed by atoms with Crippen molar-refractivity contribution in [2.24, 2.45) is 5.92 Å². The fourth-order valence-electron chi connectivity index (χ4n) is 2.53. The van der Waals surface area contributed by atoms with Gasteiger partial charge in [0.05, 0.1) is 0 Å². The Hall–Kier alpha value is 0.0600. The molecule has 0 spiro atoms. The van der Waals surface area contributed by atoms with Crippen molar-refractivity contribution in [3.8, 4) is 0 Å². The minimum absolute atomic E-state index is 0.600. The highest BCUT2D eigenvalue weighted by Gasteiger charge is 2.19. The molecule has 0 bridgehead atoms. The lowest BCUT2D eigenvalue weighted by Gasteiger charge is -2.09. The van der Waals surface area contributed by atoms with Gasteiger partial charge in [0.2, 0.25) is 0 Å². The first-order valence-electron chi connectivity index (χ1n) is 9.32. The summed E-state index contributed by atoms with van der Waals surface area (Å²) in [5.74, 6) is 0.600. The molecule has 0 amide bonds. The first-order chi connectivity index (χ1) is 10.2. The Labute approximate surface area is 134 Å². The Balaban J connectivity index is 3.40. The Morgan fingerprint density at radius 3 is 1.95 bits per heavy atom. The minimum atomic E-state index is -1.41. The van der Waals surface area contributed by atoms with Crippen molar-refractivity contribution in [3.63, 3.8) is 0 Å². The molecule has 0 N–H and O–H groups in total. The van der Waals surface area contributed by atoms with Crippen LogP contribution in [-0.4, -0.2) is 12.8 Å². The van der Waals surface area contributed by atoms with E-state index in [1.165, 1.54) is 64.2 Å². The highest BCUT2D eigenvalue weighted by Crippen LogP contribution is 2.27. The van der Waals surface area contributed by atoms with Crippen LogP contribution in [0.2, 0.25) is 0 Å². The Kier molecular flexibility index (Phi) is 16.5. The maximum atomic E-state index is 11.8. The van der Waals surface area contributed by atoms with Gasteiger partial charge in [0.1, 0.15) is 6.61 Å². The largest absolute Gasteiger partial charge is 0.508 e.